The molecule has 1 unspecified atom stereocenters. The number of aliphatic hydroxyl groups is 1. The molecule has 2 rings (SSSR count). The number of rotatable bonds is 4. The van der Waals surface area contributed by atoms with Gasteiger partial charge in [0.15, 0.2) is 0 Å². The lowest BCUT2D eigenvalue weighted by atomic mass is 9.99. The molecule has 0 aromatic heterocycles. The van der Waals surface area contributed by atoms with Gasteiger partial charge < -0.3 is 15.7 Å². The van der Waals surface area contributed by atoms with Crippen LogP contribution in [-0.2, 0) is 6.54 Å². The maximum atomic E-state index is 8.79. The molecule has 1 atom stereocenters. The number of aliphatic hydroxyl groups excluding tert-OH is 1. The second kappa shape index (κ2) is 5.99. The first-order valence-electron chi connectivity index (χ1n) is 6.04. The van der Waals surface area contributed by atoms with Gasteiger partial charge in [-0.25, -0.2) is 0 Å². The molecule has 0 saturated heterocycles. The lowest BCUT2D eigenvalue weighted by molar-refractivity contribution is 0.282. The summed E-state index contributed by atoms with van der Waals surface area (Å²) in [4.78, 5) is 0. The first-order chi connectivity index (χ1) is 7.92. The van der Waals surface area contributed by atoms with E-state index in [2.05, 4.69) is 34.9 Å². The van der Waals surface area contributed by atoms with Crippen LogP contribution in [0.5, 0.6) is 0 Å². The normalized spacial score (nSPS) is 20.2. The van der Waals surface area contributed by atoms with Crippen LogP contribution in [0.2, 0.25) is 0 Å². The number of fused-ring (bicyclic) bond motifs is 1. The highest BCUT2D eigenvalue weighted by Gasteiger charge is 2.16. The van der Waals surface area contributed by atoms with Crippen LogP contribution in [-0.4, -0.2) is 24.8 Å². The minimum Gasteiger partial charge on any atom is -0.396 e. The van der Waals surface area contributed by atoms with E-state index in [-0.39, 0.29) is 6.61 Å². The zero-order valence-electron chi connectivity index (χ0n) is 9.58. The van der Waals surface area contributed by atoms with Crippen LogP contribution in [0, 0.1) is 0 Å². The number of hydrogen-bond donors (Lipinski definition) is 3. The first-order valence-corrected chi connectivity index (χ1v) is 6.04. The molecule has 1 aliphatic heterocycles. The van der Waals surface area contributed by atoms with E-state index in [1.807, 2.05) is 0 Å². The number of benzene rings is 1. The molecule has 0 radical (unpaired) electrons. The molecular weight excluding hydrogens is 200 g/mol. The molecule has 0 fully saturated rings. The highest BCUT2D eigenvalue weighted by Crippen LogP contribution is 2.23. The summed E-state index contributed by atoms with van der Waals surface area (Å²) in [6.07, 6.45) is 1.94. The van der Waals surface area contributed by atoms with E-state index in [9.17, 15) is 0 Å². The summed E-state index contributed by atoms with van der Waals surface area (Å²) in [6, 6.07) is 9.02. The molecule has 3 N–H and O–H groups in total. The van der Waals surface area contributed by atoms with Crippen LogP contribution in [0.15, 0.2) is 24.3 Å². The molecule has 1 aliphatic rings. The molecule has 16 heavy (non-hydrogen) atoms. The summed E-state index contributed by atoms with van der Waals surface area (Å²) < 4.78 is 0. The highest BCUT2D eigenvalue weighted by molar-refractivity contribution is 5.30. The Bertz CT molecular complexity index is 327. The second-order valence-electron chi connectivity index (χ2n) is 4.25. The average Bonchev–Trinajstić information content (AvgIpc) is 2.52. The lowest BCUT2D eigenvalue weighted by Crippen LogP contribution is -2.24. The predicted molar refractivity (Wildman–Crippen MR) is 65.2 cm³/mol. The van der Waals surface area contributed by atoms with Gasteiger partial charge >= 0.3 is 0 Å². The van der Waals surface area contributed by atoms with Crippen molar-refractivity contribution in [2.75, 3.05) is 19.7 Å². The minimum absolute atomic E-state index is 0.264. The van der Waals surface area contributed by atoms with E-state index in [0.717, 1.165) is 32.5 Å². The summed E-state index contributed by atoms with van der Waals surface area (Å²) in [5.41, 5.74) is 2.80. The van der Waals surface area contributed by atoms with Crippen molar-refractivity contribution in [3.05, 3.63) is 35.4 Å². The molecule has 0 amide bonds. The van der Waals surface area contributed by atoms with Crippen LogP contribution < -0.4 is 10.6 Å². The summed E-state index contributed by atoms with van der Waals surface area (Å²) in [5.74, 6) is 0. The van der Waals surface area contributed by atoms with Crippen LogP contribution in [0.1, 0.15) is 30.0 Å². The molecule has 0 spiro atoms. The molecular formula is C13H20N2O. The Morgan fingerprint density at radius 3 is 3.12 bits per heavy atom. The van der Waals surface area contributed by atoms with Gasteiger partial charge in [0.2, 0.25) is 0 Å². The maximum Gasteiger partial charge on any atom is 0.0443 e. The largest absolute Gasteiger partial charge is 0.396 e. The molecule has 1 heterocycles. The third kappa shape index (κ3) is 2.82. The number of nitrogens with one attached hydrogen (secondary N) is 2. The topological polar surface area (TPSA) is 44.3 Å². The van der Waals surface area contributed by atoms with Crippen molar-refractivity contribution in [3.8, 4) is 0 Å². The minimum atomic E-state index is 0.264. The third-order valence-electron chi connectivity index (χ3n) is 3.08. The summed E-state index contributed by atoms with van der Waals surface area (Å²) in [7, 11) is 0. The summed E-state index contributed by atoms with van der Waals surface area (Å²) >= 11 is 0. The Hall–Kier alpha value is -0.900. The second-order valence-corrected chi connectivity index (χ2v) is 4.25. The molecule has 3 heteroatoms. The van der Waals surface area contributed by atoms with E-state index >= 15 is 0 Å². The Balaban J connectivity index is 2.06. The first kappa shape index (κ1) is 11.6. The fraction of sp³-hybridized carbons (Fsp3) is 0.538. The maximum absolute atomic E-state index is 8.79. The fourth-order valence-electron chi connectivity index (χ4n) is 2.23. The van der Waals surface area contributed by atoms with E-state index in [4.69, 9.17) is 5.11 Å². The molecule has 0 saturated carbocycles. The highest BCUT2D eigenvalue weighted by atomic mass is 16.3. The molecule has 88 valence electrons. The van der Waals surface area contributed by atoms with Crippen LogP contribution in [0.25, 0.3) is 0 Å². The number of hydrogen-bond acceptors (Lipinski definition) is 3. The Kier molecular flexibility index (Phi) is 4.34. The Morgan fingerprint density at radius 1 is 1.38 bits per heavy atom. The van der Waals surface area contributed by atoms with Crippen LogP contribution in [0.4, 0.5) is 0 Å². The monoisotopic (exact) mass is 220 g/mol. The van der Waals surface area contributed by atoms with Gasteiger partial charge in [-0.1, -0.05) is 24.3 Å². The molecule has 3 nitrogen and oxygen atoms in total. The summed E-state index contributed by atoms with van der Waals surface area (Å²) in [5, 5.41) is 15.7. The van der Waals surface area contributed by atoms with Gasteiger partial charge in [-0.15, -0.1) is 0 Å². The molecule has 1 aromatic rings. The van der Waals surface area contributed by atoms with Crippen molar-refractivity contribution in [1.82, 2.24) is 10.6 Å². The van der Waals surface area contributed by atoms with Gasteiger partial charge in [0, 0.05) is 19.2 Å². The van der Waals surface area contributed by atoms with Crippen molar-refractivity contribution < 1.29 is 5.11 Å². The van der Waals surface area contributed by atoms with Gasteiger partial charge in [0.1, 0.15) is 0 Å². The van der Waals surface area contributed by atoms with Gasteiger partial charge in [-0.3, -0.25) is 0 Å². The van der Waals surface area contributed by atoms with Crippen LogP contribution in [0.3, 0.4) is 0 Å². The van der Waals surface area contributed by atoms with Crippen molar-refractivity contribution in [1.29, 1.82) is 0 Å². The zero-order chi connectivity index (χ0) is 11.2. The predicted octanol–water partition coefficient (Wildman–Crippen LogP) is 1.19. The smallest absolute Gasteiger partial charge is 0.0443 e. The Morgan fingerprint density at radius 2 is 2.25 bits per heavy atom. The molecule has 0 aliphatic carbocycles. The van der Waals surface area contributed by atoms with E-state index in [1.165, 1.54) is 11.1 Å². The van der Waals surface area contributed by atoms with Gasteiger partial charge in [0.25, 0.3) is 0 Å². The van der Waals surface area contributed by atoms with Crippen molar-refractivity contribution in [2.24, 2.45) is 0 Å². The van der Waals surface area contributed by atoms with Crippen molar-refractivity contribution in [2.45, 2.75) is 25.4 Å². The summed E-state index contributed by atoms with van der Waals surface area (Å²) in [6.45, 7) is 3.16. The van der Waals surface area contributed by atoms with E-state index in [0.29, 0.717) is 6.04 Å². The Labute approximate surface area is 96.9 Å². The SMILES string of the molecule is OCCCNC1CCNCc2ccccc21. The van der Waals surface area contributed by atoms with Crippen LogP contribution >= 0.6 is 0 Å². The van der Waals surface area contributed by atoms with Crippen molar-refractivity contribution >= 4 is 0 Å². The zero-order valence-corrected chi connectivity index (χ0v) is 9.58. The molecule has 1 aromatic carbocycles. The average molecular weight is 220 g/mol. The van der Waals surface area contributed by atoms with Gasteiger partial charge in [0.05, 0.1) is 0 Å². The lowest BCUT2D eigenvalue weighted by Gasteiger charge is -2.18. The quantitative estimate of drug-likeness (QED) is 0.668. The standard InChI is InChI=1S/C13H20N2O/c16-9-3-7-15-13-6-8-14-10-11-4-1-2-5-12(11)13/h1-2,4-5,13-16H,3,6-10H2. The van der Waals surface area contributed by atoms with Crippen molar-refractivity contribution in [3.63, 3.8) is 0 Å². The molecule has 0 bridgehead atoms. The van der Waals surface area contributed by atoms with E-state index in [1.54, 1.807) is 0 Å². The van der Waals surface area contributed by atoms with Gasteiger partial charge in [-0.2, -0.15) is 0 Å². The van der Waals surface area contributed by atoms with E-state index < -0.39 is 0 Å². The van der Waals surface area contributed by atoms with Gasteiger partial charge in [-0.05, 0) is 37.1 Å². The third-order valence-corrected chi connectivity index (χ3v) is 3.08. The fourth-order valence-corrected chi connectivity index (χ4v) is 2.23.